The molecule has 19 heavy (non-hydrogen) atoms. The molecular weight excluding hydrogens is 252 g/mol. The standard InChI is InChI=1S/C17H18OS/c1-2-3-6-13-9-11-14(12-10-13)17(18)15-7-4-5-8-16(15)19/h4-5,7-12,19H,2-3,6H2,1H3. The summed E-state index contributed by atoms with van der Waals surface area (Å²) >= 11 is 4.33. The molecule has 2 rings (SSSR count). The van der Waals surface area contributed by atoms with Gasteiger partial charge in [0.05, 0.1) is 0 Å². The Morgan fingerprint density at radius 1 is 1.05 bits per heavy atom. The average molecular weight is 270 g/mol. The second-order valence-electron chi connectivity index (χ2n) is 4.65. The smallest absolute Gasteiger partial charge is 0.194 e. The second-order valence-corrected chi connectivity index (χ2v) is 5.13. The van der Waals surface area contributed by atoms with Gasteiger partial charge in [0.15, 0.2) is 5.78 Å². The van der Waals surface area contributed by atoms with E-state index in [0.29, 0.717) is 5.56 Å². The molecular formula is C17H18OS. The highest BCUT2D eigenvalue weighted by Crippen LogP contribution is 2.18. The van der Waals surface area contributed by atoms with Gasteiger partial charge < -0.3 is 0 Å². The summed E-state index contributed by atoms with van der Waals surface area (Å²) in [6, 6.07) is 15.3. The molecule has 0 unspecified atom stereocenters. The molecule has 0 aliphatic rings. The molecule has 1 nitrogen and oxygen atoms in total. The molecule has 0 radical (unpaired) electrons. The molecule has 2 aromatic rings. The summed E-state index contributed by atoms with van der Waals surface area (Å²) < 4.78 is 0. The minimum atomic E-state index is 0.0349. The van der Waals surface area contributed by atoms with Gasteiger partial charge in [-0.15, -0.1) is 12.6 Å². The fraction of sp³-hybridized carbons (Fsp3) is 0.235. The lowest BCUT2D eigenvalue weighted by Crippen LogP contribution is -2.02. The van der Waals surface area contributed by atoms with E-state index >= 15 is 0 Å². The van der Waals surface area contributed by atoms with E-state index in [-0.39, 0.29) is 5.78 Å². The minimum absolute atomic E-state index is 0.0349. The highest BCUT2D eigenvalue weighted by atomic mass is 32.1. The molecule has 0 amide bonds. The third-order valence-electron chi connectivity index (χ3n) is 3.18. The molecule has 0 aliphatic heterocycles. The Kier molecular flexibility index (Phi) is 4.80. The minimum Gasteiger partial charge on any atom is -0.289 e. The number of hydrogen-bond donors (Lipinski definition) is 1. The Labute approximate surface area is 120 Å². The van der Waals surface area contributed by atoms with Crippen LogP contribution in [0.15, 0.2) is 53.4 Å². The maximum absolute atomic E-state index is 12.3. The van der Waals surface area contributed by atoms with E-state index in [1.807, 2.05) is 48.5 Å². The van der Waals surface area contributed by atoms with E-state index in [0.717, 1.165) is 16.9 Å². The number of thiol groups is 1. The summed E-state index contributed by atoms with van der Waals surface area (Å²) in [4.78, 5) is 13.1. The third-order valence-corrected chi connectivity index (χ3v) is 3.57. The van der Waals surface area contributed by atoms with Crippen LogP contribution in [0.25, 0.3) is 0 Å². The van der Waals surface area contributed by atoms with Crippen LogP contribution in [0, 0.1) is 0 Å². The molecule has 0 N–H and O–H groups in total. The molecule has 0 fully saturated rings. The molecule has 2 heteroatoms. The van der Waals surface area contributed by atoms with Gasteiger partial charge in [-0.2, -0.15) is 0 Å². The molecule has 0 bridgehead atoms. The monoisotopic (exact) mass is 270 g/mol. The van der Waals surface area contributed by atoms with E-state index in [4.69, 9.17) is 0 Å². The largest absolute Gasteiger partial charge is 0.289 e. The Hall–Kier alpha value is -1.54. The number of ketones is 1. The normalized spacial score (nSPS) is 10.4. The third kappa shape index (κ3) is 3.48. The Balaban J connectivity index is 2.18. The summed E-state index contributed by atoms with van der Waals surface area (Å²) in [5.41, 5.74) is 2.67. The molecule has 0 heterocycles. The van der Waals surface area contributed by atoms with Crippen molar-refractivity contribution in [2.24, 2.45) is 0 Å². The number of rotatable bonds is 5. The van der Waals surface area contributed by atoms with Crippen molar-refractivity contribution in [1.82, 2.24) is 0 Å². The first-order valence-corrected chi connectivity index (χ1v) is 7.08. The SMILES string of the molecule is CCCCc1ccc(C(=O)c2ccccc2S)cc1. The fourth-order valence-electron chi connectivity index (χ4n) is 2.02. The second kappa shape index (κ2) is 6.58. The summed E-state index contributed by atoms with van der Waals surface area (Å²) in [6.45, 7) is 2.18. The molecule has 0 saturated carbocycles. The van der Waals surface area contributed by atoms with Crippen LogP contribution in [0.2, 0.25) is 0 Å². The van der Waals surface area contributed by atoms with Crippen LogP contribution in [-0.4, -0.2) is 5.78 Å². The van der Waals surface area contributed by atoms with Gasteiger partial charge in [-0.3, -0.25) is 4.79 Å². The topological polar surface area (TPSA) is 17.1 Å². The van der Waals surface area contributed by atoms with Gasteiger partial charge in [0, 0.05) is 16.0 Å². The van der Waals surface area contributed by atoms with E-state index in [9.17, 15) is 4.79 Å². The highest BCUT2D eigenvalue weighted by molar-refractivity contribution is 7.80. The van der Waals surface area contributed by atoms with Crippen molar-refractivity contribution in [3.05, 3.63) is 65.2 Å². The first kappa shape index (κ1) is 13.9. The summed E-state index contributed by atoms with van der Waals surface area (Å²) in [7, 11) is 0. The number of benzene rings is 2. The van der Waals surface area contributed by atoms with Crippen LogP contribution in [0.3, 0.4) is 0 Å². The lowest BCUT2D eigenvalue weighted by Gasteiger charge is -2.05. The van der Waals surface area contributed by atoms with Crippen molar-refractivity contribution in [1.29, 1.82) is 0 Å². The van der Waals surface area contributed by atoms with Gasteiger partial charge in [0.1, 0.15) is 0 Å². The lowest BCUT2D eigenvalue weighted by molar-refractivity contribution is 0.103. The predicted molar refractivity (Wildman–Crippen MR) is 82.2 cm³/mol. The molecule has 2 aromatic carbocycles. The lowest BCUT2D eigenvalue weighted by atomic mass is 10.0. The predicted octanol–water partition coefficient (Wildman–Crippen LogP) is 4.55. The summed E-state index contributed by atoms with van der Waals surface area (Å²) in [5.74, 6) is 0.0349. The number of carbonyl (C=O) groups excluding carboxylic acids is 1. The van der Waals surface area contributed by atoms with Gasteiger partial charge in [-0.05, 0) is 30.5 Å². The molecule has 0 spiro atoms. The molecule has 0 aromatic heterocycles. The van der Waals surface area contributed by atoms with E-state index in [2.05, 4.69) is 19.6 Å². The van der Waals surface area contributed by atoms with Gasteiger partial charge in [0.25, 0.3) is 0 Å². The van der Waals surface area contributed by atoms with Crippen molar-refractivity contribution in [2.45, 2.75) is 31.1 Å². The fourth-order valence-corrected chi connectivity index (χ4v) is 2.29. The van der Waals surface area contributed by atoms with E-state index in [1.165, 1.54) is 18.4 Å². The van der Waals surface area contributed by atoms with Crippen molar-refractivity contribution < 1.29 is 4.79 Å². The molecule has 0 saturated heterocycles. The molecule has 0 atom stereocenters. The Bertz CT molecular complexity index is 558. The van der Waals surface area contributed by atoms with Gasteiger partial charge >= 0.3 is 0 Å². The Morgan fingerprint density at radius 3 is 2.37 bits per heavy atom. The molecule has 98 valence electrons. The maximum Gasteiger partial charge on any atom is 0.194 e. The number of hydrogen-bond acceptors (Lipinski definition) is 2. The van der Waals surface area contributed by atoms with Crippen molar-refractivity contribution in [3.8, 4) is 0 Å². The quantitative estimate of drug-likeness (QED) is 0.623. The van der Waals surface area contributed by atoms with E-state index in [1.54, 1.807) is 0 Å². The number of carbonyl (C=O) groups is 1. The zero-order valence-electron chi connectivity index (χ0n) is 11.1. The van der Waals surface area contributed by atoms with Crippen molar-refractivity contribution >= 4 is 18.4 Å². The van der Waals surface area contributed by atoms with Crippen molar-refractivity contribution in [2.75, 3.05) is 0 Å². The van der Waals surface area contributed by atoms with Crippen LogP contribution in [0.5, 0.6) is 0 Å². The van der Waals surface area contributed by atoms with E-state index < -0.39 is 0 Å². The van der Waals surface area contributed by atoms with Gasteiger partial charge in [0.2, 0.25) is 0 Å². The van der Waals surface area contributed by atoms with Crippen LogP contribution in [0.1, 0.15) is 41.3 Å². The number of unbranched alkanes of at least 4 members (excludes halogenated alkanes) is 1. The maximum atomic E-state index is 12.3. The van der Waals surface area contributed by atoms with Crippen LogP contribution in [0.4, 0.5) is 0 Å². The first-order valence-electron chi connectivity index (χ1n) is 6.64. The van der Waals surface area contributed by atoms with Crippen LogP contribution >= 0.6 is 12.6 Å². The molecule has 0 aliphatic carbocycles. The summed E-state index contributed by atoms with van der Waals surface area (Å²) in [6.07, 6.45) is 3.45. The highest BCUT2D eigenvalue weighted by Gasteiger charge is 2.11. The van der Waals surface area contributed by atoms with Crippen LogP contribution < -0.4 is 0 Å². The zero-order valence-corrected chi connectivity index (χ0v) is 12.0. The van der Waals surface area contributed by atoms with Crippen LogP contribution in [-0.2, 0) is 6.42 Å². The average Bonchev–Trinajstić information content (AvgIpc) is 2.45. The first-order chi connectivity index (χ1) is 9.22. The van der Waals surface area contributed by atoms with Crippen molar-refractivity contribution in [3.63, 3.8) is 0 Å². The number of aryl methyl sites for hydroxylation is 1. The van der Waals surface area contributed by atoms with Gasteiger partial charge in [-0.1, -0.05) is 49.7 Å². The van der Waals surface area contributed by atoms with Gasteiger partial charge in [-0.25, -0.2) is 0 Å². The summed E-state index contributed by atoms with van der Waals surface area (Å²) in [5, 5.41) is 0. The Morgan fingerprint density at radius 2 is 1.74 bits per heavy atom. The zero-order chi connectivity index (χ0) is 13.7.